The van der Waals surface area contributed by atoms with E-state index in [1.54, 1.807) is 30.3 Å². The smallest absolute Gasteiger partial charge is 0.341 e. The highest BCUT2D eigenvalue weighted by molar-refractivity contribution is 7.91. The van der Waals surface area contributed by atoms with Crippen molar-refractivity contribution in [3.8, 4) is 6.07 Å². The van der Waals surface area contributed by atoms with Crippen molar-refractivity contribution in [3.05, 3.63) is 60.2 Å². The van der Waals surface area contributed by atoms with Crippen molar-refractivity contribution < 1.29 is 31.5 Å². The van der Waals surface area contributed by atoms with Gasteiger partial charge in [0.25, 0.3) is 5.91 Å². The minimum atomic E-state index is -4.77. The van der Waals surface area contributed by atoms with Crippen molar-refractivity contribution in [2.24, 2.45) is 0 Å². The number of anilines is 1. The molecule has 0 heterocycles. The molecular formula is C19H16F2N2O5S. The molecule has 0 spiro atoms. The normalized spacial score (nSPS) is 11.0. The second-order valence-corrected chi connectivity index (χ2v) is 7.61. The van der Waals surface area contributed by atoms with Crippen molar-refractivity contribution in [1.82, 2.24) is 0 Å². The molecule has 1 amide bonds. The number of rotatable bonds is 8. The van der Waals surface area contributed by atoms with E-state index < -0.39 is 39.0 Å². The highest BCUT2D eigenvalue weighted by Crippen LogP contribution is 2.19. The molecule has 0 aliphatic heterocycles. The zero-order chi connectivity index (χ0) is 21.4. The number of nitriles is 1. The molecule has 0 N–H and O–H groups in total. The monoisotopic (exact) mass is 422 g/mol. The number of esters is 1. The van der Waals surface area contributed by atoms with Gasteiger partial charge in [-0.25, -0.2) is 13.2 Å². The van der Waals surface area contributed by atoms with Crippen molar-refractivity contribution in [3.63, 3.8) is 0 Å². The van der Waals surface area contributed by atoms with Gasteiger partial charge < -0.3 is 9.64 Å². The van der Waals surface area contributed by atoms with Gasteiger partial charge in [-0.05, 0) is 36.4 Å². The van der Waals surface area contributed by atoms with E-state index in [0.717, 1.165) is 24.3 Å². The van der Waals surface area contributed by atoms with Crippen LogP contribution in [-0.2, 0) is 19.4 Å². The van der Waals surface area contributed by atoms with Crippen LogP contribution in [0, 0.1) is 11.3 Å². The van der Waals surface area contributed by atoms with Gasteiger partial charge in [0.2, 0.25) is 9.84 Å². The van der Waals surface area contributed by atoms with E-state index in [2.05, 4.69) is 0 Å². The summed E-state index contributed by atoms with van der Waals surface area (Å²) in [5, 5.41) is 8.76. The lowest BCUT2D eigenvalue weighted by Crippen LogP contribution is -2.35. The number of hydrogen-bond donors (Lipinski definition) is 0. The van der Waals surface area contributed by atoms with Gasteiger partial charge in [-0.3, -0.25) is 4.79 Å². The van der Waals surface area contributed by atoms with Crippen molar-refractivity contribution in [2.45, 2.75) is 17.1 Å². The second-order valence-electron chi connectivity index (χ2n) is 5.70. The largest absolute Gasteiger partial charge is 0.452 e. The lowest BCUT2D eigenvalue weighted by atomic mass is 10.2. The SMILES string of the molecule is N#CCCN(C(=O)COC(=O)c1ccc(S(=O)(=O)C(F)F)cc1)c1ccccc1. The van der Waals surface area contributed by atoms with Crippen LogP contribution < -0.4 is 4.90 Å². The van der Waals surface area contributed by atoms with E-state index >= 15 is 0 Å². The number of nitrogens with zero attached hydrogens (tertiary/aromatic N) is 2. The molecule has 10 heteroatoms. The third-order valence-corrected chi connectivity index (χ3v) is 5.19. The van der Waals surface area contributed by atoms with Gasteiger partial charge >= 0.3 is 11.7 Å². The van der Waals surface area contributed by atoms with Crippen LogP contribution in [0.3, 0.4) is 0 Å². The van der Waals surface area contributed by atoms with Crippen LogP contribution in [0.25, 0.3) is 0 Å². The Morgan fingerprint density at radius 2 is 1.69 bits per heavy atom. The van der Waals surface area contributed by atoms with E-state index in [4.69, 9.17) is 10.00 Å². The average Bonchev–Trinajstić information content (AvgIpc) is 2.73. The molecule has 7 nitrogen and oxygen atoms in total. The van der Waals surface area contributed by atoms with E-state index in [1.807, 2.05) is 6.07 Å². The molecule has 29 heavy (non-hydrogen) atoms. The zero-order valence-corrected chi connectivity index (χ0v) is 15.8. The van der Waals surface area contributed by atoms with Crippen molar-refractivity contribution >= 4 is 27.4 Å². The quantitative estimate of drug-likeness (QED) is 0.606. The highest BCUT2D eigenvalue weighted by atomic mass is 32.2. The fraction of sp³-hybridized carbons (Fsp3) is 0.211. The minimum Gasteiger partial charge on any atom is -0.452 e. The summed E-state index contributed by atoms with van der Waals surface area (Å²) in [7, 11) is -4.77. The summed E-state index contributed by atoms with van der Waals surface area (Å²) >= 11 is 0. The lowest BCUT2D eigenvalue weighted by Gasteiger charge is -2.21. The summed E-state index contributed by atoms with van der Waals surface area (Å²) in [5.41, 5.74) is 0.430. The van der Waals surface area contributed by atoms with E-state index in [0.29, 0.717) is 5.69 Å². The topological polar surface area (TPSA) is 105 Å². The number of halogens is 2. The van der Waals surface area contributed by atoms with Gasteiger partial charge in [-0.2, -0.15) is 14.0 Å². The number of carbonyl (C=O) groups is 2. The molecule has 0 saturated carbocycles. The van der Waals surface area contributed by atoms with Gasteiger partial charge in [0.15, 0.2) is 6.61 Å². The molecule has 0 unspecified atom stereocenters. The number of alkyl halides is 2. The Morgan fingerprint density at radius 3 is 2.24 bits per heavy atom. The summed E-state index contributed by atoms with van der Waals surface area (Å²) < 4.78 is 52.8. The maximum Gasteiger partial charge on any atom is 0.341 e. The number of carbonyl (C=O) groups excluding carboxylic acids is 2. The maximum atomic E-state index is 12.5. The second kappa shape index (κ2) is 9.75. The van der Waals surface area contributed by atoms with Gasteiger partial charge in [0.1, 0.15) is 0 Å². The molecule has 0 aliphatic carbocycles. The molecular weight excluding hydrogens is 406 g/mol. The number of sulfone groups is 1. The fourth-order valence-electron chi connectivity index (χ4n) is 2.34. The molecule has 2 aromatic carbocycles. The van der Waals surface area contributed by atoms with Crippen molar-refractivity contribution in [1.29, 1.82) is 5.26 Å². The Labute approximate surface area is 166 Å². The highest BCUT2D eigenvalue weighted by Gasteiger charge is 2.26. The molecule has 0 atom stereocenters. The first kappa shape index (κ1) is 22.0. The Morgan fingerprint density at radius 1 is 1.07 bits per heavy atom. The Bertz CT molecular complexity index is 1000. The van der Waals surface area contributed by atoms with Gasteiger partial charge in [-0.1, -0.05) is 18.2 Å². The molecule has 0 aliphatic rings. The van der Waals surface area contributed by atoms with Gasteiger partial charge in [0.05, 0.1) is 22.9 Å². The standard InChI is InChI=1S/C19H16F2N2O5S/c20-19(21)29(26,27)16-9-7-14(8-10-16)18(25)28-13-17(24)23(12-4-11-22)15-5-2-1-3-6-15/h1-3,5-10,19H,4,12-13H2. The molecule has 0 saturated heterocycles. The Balaban J connectivity index is 2.05. The van der Waals surface area contributed by atoms with Crippen LogP contribution in [0.2, 0.25) is 0 Å². The summed E-state index contributed by atoms with van der Waals surface area (Å²) in [4.78, 5) is 25.2. The van der Waals surface area contributed by atoms with Crippen LogP contribution in [-0.4, -0.2) is 39.2 Å². The van der Waals surface area contributed by atoms with Gasteiger partial charge in [-0.15, -0.1) is 0 Å². The number of amides is 1. The van der Waals surface area contributed by atoms with Crippen molar-refractivity contribution in [2.75, 3.05) is 18.1 Å². The average molecular weight is 422 g/mol. The lowest BCUT2D eigenvalue weighted by molar-refractivity contribution is -0.121. The third-order valence-electron chi connectivity index (χ3n) is 3.80. The van der Waals surface area contributed by atoms with E-state index in [9.17, 15) is 26.8 Å². The molecule has 2 aromatic rings. The van der Waals surface area contributed by atoms with Crippen LogP contribution in [0.1, 0.15) is 16.8 Å². The first-order valence-electron chi connectivity index (χ1n) is 8.29. The van der Waals surface area contributed by atoms with Gasteiger partial charge in [0, 0.05) is 12.2 Å². The predicted molar refractivity (Wildman–Crippen MR) is 98.9 cm³/mol. The summed E-state index contributed by atoms with van der Waals surface area (Å²) in [6.07, 6.45) is 0.0780. The van der Waals surface area contributed by atoms with E-state index in [1.165, 1.54) is 4.90 Å². The van der Waals surface area contributed by atoms with Crippen LogP contribution in [0.15, 0.2) is 59.5 Å². The molecule has 0 aromatic heterocycles. The number of ether oxygens (including phenoxy) is 1. The number of para-hydroxylation sites is 1. The Hall–Kier alpha value is -3.32. The molecule has 0 fully saturated rings. The van der Waals surface area contributed by atoms with Crippen LogP contribution >= 0.6 is 0 Å². The number of hydrogen-bond acceptors (Lipinski definition) is 6. The van der Waals surface area contributed by atoms with Crippen LogP contribution in [0.4, 0.5) is 14.5 Å². The molecule has 152 valence electrons. The van der Waals surface area contributed by atoms with E-state index in [-0.39, 0.29) is 18.5 Å². The minimum absolute atomic E-state index is 0.0780. The van der Waals surface area contributed by atoms with Crippen LogP contribution in [0.5, 0.6) is 0 Å². The molecule has 0 bridgehead atoms. The first-order valence-corrected chi connectivity index (χ1v) is 9.83. The molecule has 0 radical (unpaired) electrons. The third kappa shape index (κ3) is 5.58. The fourth-order valence-corrected chi connectivity index (χ4v) is 3.06. The molecule has 2 rings (SSSR count). The summed E-state index contributed by atoms with van der Waals surface area (Å²) in [6, 6.07) is 14.2. The number of benzene rings is 2. The Kier molecular flexibility index (Phi) is 7.39. The summed E-state index contributed by atoms with van der Waals surface area (Å²) in [5.74, 6) is -5.06. The zero-order valence-electron chi connectivity index (χ0n) is 15.0. The maximum absolute atomic E-state index is 12.5. The first-order chi connectivity index (χ1) is 13.8. The summed E-state index contributed by atoms with van der Waals surface area (Å²) in [6.45, 7) is -0.507. The predicted octanol–water partition coefficient (Wildman–Crippen LogP) is 2.79.